The lowest BCUT2D eigenvalue weighted by Gasteiger charge is -2.17. The van der Waals surface area contributed by atoms with Gasteiger partial charge in [-0.25, -0.2) is 4.68 Å². The summed E-state index contributed by atoms with van der Waals surface area (Å²) in [7, 11) is 0. The fraction of sp³-hybridized carbons (Fsp3) is 0.238. The Kier molecular flexibility index (Phi) is 5.92. The summed E-state index contributed by atoms with van der Waals surface area (Å²) >= 11 is 0. The molecule has 0 saturated carbocycles. The molecule has 1 unspecified atom stereocenters. The summed E-state index contributed by atoms with van der Waals surface area (Å²) in [6, 6.07) is 13.9. The maximum absolute atomic E-state index is 12.2. The molecule has 1 amide bonds. The molecule has 0 aliphatic heterocycles. The Morgan fingerprint density at radius 1 is 1.14 bits per heavy atom. The smallest absolute Gasteiger partial charge is 0.293 e. The van der Waals surface area contributed by atoms with Gasteiger partial charge in [-0.1, -0.05) is 12.1 Å². The third kappa shape index (κ3) is 4.78. The predicted octanol–water partition coefficient (Wildman–Crippen LogP) is 4.09. The van der Waals surface area contributed by atoms with Gasteiger partial charge in [-0.2, -0.15) is 5.10 Å². The Morgan fingerprint density at radius 3 is 2.45 bits per heavy atom. The van der Waals surface area contributed by atoms with E-state index in [0.29, 0.717) is 5.69 Å². The largest absolute Gasteiger partial charge is 0.373 e. The molecule has 3 rings (SSSR count). The first kappa shape index (κ1) is 20.1. The van der Waals surface area contributed by atoms with E-state index in [1.807, 2.05) is 57.3 Å². The number of aromatic nitrogens is 2. The quantitative estimate of drug-likeness (QED) is 0.465. The van der Waals surface area contributed by atoms with E-state index in [0.717, 1.165) is 11.3 Å². The Bertz CT molecular complexity index is 998. The highest BCUT2D eigenvalue weighted by Gasteiger charge is 2.19. The van der Waals surface area contributed by atoms with Crippen LogP contribution in [-0.2, 0) is 0 Å². The van der Waals surface area contributed by atoms with Crippen molar-refractivity contribution in [3.05, 3.63) is 82.2 Å². The number of nitro groups is 1. The van der Waals surface area contributed by atoms with E-state index in [9.17, 15) is 14.9 Å². The molecule has 2 aromatic carbocycles. The van der Waals surface area contributed by atoms with Crippen LogP contribution in [0.4, 0.5) is 11.4 Å². The van der Waals surface area contributed by atoms with Gasteiger partial charge < -0.3 is 10.6 Å². The lowest BCUT2D eigenvalue weighted by Crippen LogP contribution is -2.30. The minimum absolute atomic E-state index is 0.0518. The average Bonchev–Trinajstić information content (AvgIpc) is 3.22. The van der Waals surface area contributed by atoms with Crippen molar-refractivity contribution in [2.75, 3.05) is 5.32 Å². The van der Waals surface area contributed by atoms with E-state index in [1.165, 1.54) is 6.07 Å². The van der Waals surface area contributed by atoms with Crippen LogP contribution < -0.4 is 10.6 Å². The van der Waals surface area contributed by atoms with Gasteiger partial charge in [-0.3, -0.25) is 14.9 Å². The number of rotatable bonds is 7. The third-order valence-corrected chi connectivity index (χ3v) is 4.41. The fourth-order valence-corrected chi connectivity index (χ4v) is 2.95. The summed E-state index contributed by atoms with van der Waals surface area (Å²) < 4.78 is 1.76. The average molecular weight is 393 g/mol. The van der Waals surface area contributed by atoms with Gasteiger partial charge in [0.2, 0.25) is 0 Å². The van der Waals surface area contributed by atoms with Crippen LogP contribution >= 0.6 is 0 Å². The van der Waals surface area contributed by atoms with E-state index >= 15 is 0 Å². The van der Waals surface area contributed by atoms with E-state index < -0.39 is 4.92 Å². The zero-order valence-corrected chi connectivity index (χ0v) is 16.5. The van der Waals surface area contributed by atoms with Crippen LogP contribution in [0, 0.1) is 10.1 Å². The third-order valence-electron chi connectivity index (χ3n) is 4.41. The molecule has 0 bridgehead atoms. The molecular formula is C21H23N5O3. The zero-order chi connectivity index (χ0) is 21.0. The first-order chi connectivity index (χ1) is 13.8. The zero-order valence-electron chi connectivity index (χ0n) is 16.5. The highest BCUT2D eigenvalue weighted by atomic mass is 16.6. The highest BCUT2D eigenvalue weighted by Crippen LogP contribution is 2.29. The van der Waals surface area contributed by atoms with Crippen LogP contribution in [0.25, 0.3) is 5.69 Å². The molecule has 1 atom stereocenters. The number of anilines is 1. The van der Waals surface area contributed by atoms with Crippen molar-refractivity contribution in [1.29, 1.82) is 0 Å². The van der Waals surface area contributed by atoms with Crippen molar-refractivity contribution in [2.24, 2.45) is 0 Å². The lowest BCUT2D eigenvalue weighted by atomic mass is 10.1. The van der Waals surface area contributed by atoms with Gasteiger partial charge >= 0.3 is 0 Å². The van der Waals surface area contributed by atoms with Gasteiger partial charge in [0.25, 0.3) is 11.6 Å². The molecule has 3 aromatic rings. The molecule has 1 heterocycles. The molecule has 0 spiro atoms. The summed E-state index contributed by atoms with van der Waals surface area (Å²) in [6.45, 7) is 5.59. The van der Waals surface area contributed by atoms with Crippen molar-refractivity contribution in [2.45, 2.75) is 32.9 Å². The number of benzene rings is 2. The molecule has 0 fully saturated rings. The van der Waals surface area contributed by atoms with Crippen LogP contribution in [0.2, 0.25) is 0 Å². The molecule has 8 heteroatoms. The normalized spacial score (nSPS) is 11.9. The Hall–Kier alpha value is -3.68. The maximum atomic E-state index is 12.2. The first-order valence-corrected chi connectivity index (χ1v) is 9.31. The summed E-state index contributed by atoms with van der Waals surface area (Å²) in [5.74, 6) is -0.336. The molecule has 1 aromatic heterocycles. The number of nitrogens with zero attached hydrogens (tertiary/aromatic N) is 3. The van der Waals surface area contributed by atoms with Crippen LogP contribution in [0.5, 0.6) is 0 Å². The Balaban J connectivity index is 1.79. The second-order valence-corrected chi connectivity index (χ2v) is 7.03. The van der Waals surface area contributed by atoms with Gasteiger partial charge in [0.1, 0.15) is 5.69 Å². The summed E-state index contributed by atoms with van der Waals surface area (Å²) in [4.78, 5) is 23.2. The monoisotopic (exact) mass is 393 g/mol. The molecule has 0 radical (unpaired) electrons. The molecule has 8 nitrogen and oxygen atoms in total. The van der Waals surface area contributed by atoms with Gasteiger partial charge in [-0.15, -0.1) is 0 Å². The van der Waals surface area contributed by atoms with Crippen LogP contribution in [0.1, 0.15) is 42.7 Å². The summed E-state index contributed by atoms with van der Waals surface area (Å²) in [6.07, 6.45) is 3.57. The second-order valence-electron chi connectivity index (χ2n) is 7.03. The SMILES string of the molecule is CC(C)NC(=O)c1ccc(NC(C)c2ccc(-n3cccn3)cc2)c([N+](=O)[O-])c1. The van der Waals surface area contributed by atoms with Gasteiger partial charge in [0.15, 0.2) is 0 Å². The predicted molar refractivity (Wildman–Crippen MR) is 111 cm³/mol. The van der Waals surface area contributed by atoms with Crippen LogP contribution in [-0.4, -0.2) is 26.7 Å². The molecule has 0 saturated heterocycles. The van der Waals surface area contributed by atoms with Gasteiger partial charge in [0.05, 0.1) is 10.6 Å². The van der Waals surface area contributed by atoms with E-state index in [2.05, 4.69) is 15.7 Å². The second kappa shape index (κ2) is 8.55. The lowest BCUT2D eigenvalue weighted by molar-refractivity contribution is -0.384. The molecular weight excluding hydrogens is 370 g/mol. The van der Waals surface area contributed by atoms with Gasteiger partial charge in [0, 0.05) is 36.1 Å². The molecule has 2 N–H and O–H groups in total. The van der Waals surface area contributed by atoms with Crippen molar-refractivity contribution >= 4 is 17.3 Å². The Labute approximate surface area is 168 Å². The highest BCUT2D eigenvalue weighted by molar-refractivity contribution is 5.95. The minimum Gasteiger partial charge on any atom is -0.373 e. The summed E-state index contributed by atoms with van der Waals surface area (Å²) in [5, 5.41) is 21.6. The first-order valence-electron chi connectivity index (χ1n) is 9.31. The van der Waals surface area contributed by atoms with Crippen LogP contribution in [0.3, 0.4) is 0 Å². The topological polar surface area (TPSA) is 102 Å². The van der Waals surface area contributed by atoms with E-state index in [4.69, 9.17) is 0 Å². The van der Waals surface area contributed by atoms with Gasteiger partial charge in [-0.05, 0) is 56.7 Å². The number of nitrogens with one attached hydrogen (secondary N) is 2. The molecule has 0 aliphatic rings. The standard InChI is InChI=1S/C21H23N5O3/c1-14(2)23-21(27)17-7-10-19(20(13-17)26(28)29)24-15(3)16-5-8-18(9-6-16)25-12-4-11-22-25/h4-15,24H,1-3H3,(H,23,27). The summed E-state index contributed by atoms with van der Waals surface area (Å²) in [5.41, 5.74) is 2.38. The molecule has 150 valence electrons. The maximum Gasteiger partial charge on any atom is 0.293 e. The van der Waals surface area contributed by atoms with Crippen molar-refractivity contribution in [1.82, 2.24) is 15.1 Å². The molecule has 0 aliphatic carbocycles. The Morgan fingerprint density at radius 2 is 1.86 bits per heavy atom. The number of nitro benzene ring substituents is 1. The van der Waals surface area contributed by atoms with Crippen molar-refractivity contribution in [3.8, 4) is 5.69 Å². The van der Waals surface area contributed by atoms with E-state index in [1.54, 1.807) is 23.0 Å². The number of hydrogen-bond acceptors (Lipinski definition) is 5. The molecule has 29 heavy (non-hydrogen) atoms. The minimum atomic E-state index is -0.484. The number of carbonyl (C=O) groups is 1. The van der Waals surface area contributed by atoms with Crippen LogP contribution in [0.15, 0.2) is 60.9 Å². The van der Waals surface area contributed by atoms with E-state index in [-0.39, 0.29) is 29.2 Å². The number of amides is 1. The number of carbonyl (C=O) groups excluding carboxylic acids is 1. The fourth-order valence-electron chi connectivity index (χ4n) is 2.95. The van der Waals surface area contributed by atoms with Crippen molar-refractivity contribution in [3.63, 3.8) is 0 Å². The number of hydrogen-bond donors (Lipinski definition) is 2. The van der Waals surface area contributed by atoms with Crippen molar-refractivity contribution < 1.29 is 9.72 Å².